The van der Waals surface area contributed by atoms with Crippen LogP contribution in [0.2, 0.25) is 0 Å². The Bertz CT molecular complexity index is 413. The zero-order valence-electron chi connectivity index (χ0n) is 11.5. The molecule has 19 heavy (non-hydrogen) atoms. The first-order valence-electron chi connectivity index (χ1n) is 5.86. The first kappa shape index (κ1) is 18.1. The molecule has 0 heterocycles. The molecule has 0 spiro atoms. The van der Waals surface area contributed by atoms with Gasteiger partial charge in [-0.05, 0) is 24.1 Å². The first-order valence-corrected chi connectivity index (χ1v) is 5.86. The summed E-state index contributed by atoms with van der Waals surface area (Å²) in [6.45, 7) is 3.57. The van der Waals surface area contributed by atoms with E-state index in [9.17, 15) is 4.39 Å². The molecule has 1 aromatic carbocycles. The smallest absolute Gasteiger partial charge is 0.191 e. The van der Waals surface area contributed by atoms with E-state index in [1.807, 2.05) is 6.07 Å². The molecule has 0 aliphatic carbocycles. The second-order valence-electron chi connectivity index (χ2n) is 3.93. The second-order valence-corrected chi connectivity index (χ2v) is 3.93. The Morgan fingerprint density at radius 3 is 2.68 bits per heavy atom. The molecule has 0 saturated heterocycles. The van der Waals surface area contributed by atoms with Crippen molar-refractivity contribution in [2.75, 3.05) is 27.3 Å². The van der Waals surface area contributed by atoms with Gasteiger partial charge in [-0.2, -0.15) is 0 Å². The molecular formula is C13H21FIN3O. The Morgan fingerprint density at radius 1 is 1.37 bits per heavy atom. The van der Waals surface area contributed by atoms with Crippen LogP contribution in [0, 0.1) is 12.7 Å². The van der Waals surface area contributed by atoms with Crippen molar-refractivity contribution in [2.24, 2.45) is 4.99 Å². The Kier molecular flexibility index (Phi) is 9.50. The van der Waals surface area contributed by atoms with Gasteiger partial charge in [-0.1, -0.05) is 12.1 Å². The van der Waals surface area contributed by atoms with E-state index in [2.05, 4.69) is 15.6 Å². The average Bonchev–Trinajstić information content (AvgIpc) is 2.37. The van der Waals surface area contributed by atoms with Crippen LogP contribution in [0.4, 0.5) is 4.39 Å². The van der Waals surface area contributed by atoms with Gasteiger partial charge in [-0.25, -0.2) is 4.39 Å². The van der Waals surface area contributed by atoms with E-state index in [0.29, 0.717) is 31.2 Å². The van der Waals surface area contributed by atoms with Crippen LogP contribution >= 0.6 is 24.0 Å². The van der Waals surface area contributed by atoms with E-state index >= 15 is 0 Å². The maximum atomic E-state index is 13.3. The molecule has 2 N–H and O–H groups in total. The van der Waals surface area contributed by atoms with Crippen LogP contribution in [0.1, 0.15) is 11.1 Å². The zero-order valence-corrected chi connectivity index (χ0v) is 13.8. The van der Waals surface area contributed by atoms with Crippen molar-refractivity contribution >= 4 is 29.9 Å². The lowest BCUT2D eigenvalue weighted by Gasteiger charge is -2.11. The van der Waals surface area contributed by atoms with E-state index < -0.39 is 0 Å². The fourth-order valence-electron chi connectivity index (χ4n) is 1.42. The summed E-state index contributed by atoms with van der Waals surface area (Å²) in [5, 5.41) is 6.19. The normalized spacial score (nSPS) is 10.8. The third-order valence-corrected chi connectivity index (χ3v) is 2.52. The molecule has 0 unspecified atom stereocenters. The number of hydrogen-bond acceptors (Lipinski definition) is 2. The van der Waals surface area contributed by atoms with E-state index in [1.165, 1.54) is 6.07 Å². The number of guanidine groups is 1. The van der Waals surface area contributed by atoms with Crippen LogP contribution in [0.3, 0.4) is 0 Å². The van der Waals surface area contributed by atoms with E-state index in [4.69, 9.17) is 4.74 Å². The minimum Gasteiger partial charge on any atom is -0.383 e. The number of benzene rings is 1. The number of rotatable bonds is 5. The fourth-order valence-corrected chi connectivity index (χ4v) is 1.42. The van der Waals surface area contributed by atoms with Crippen LogP contribution in [-0.2, 0) is 11.3 Å². The number of nitrogens with one attached hydrogen (secondary N) is 2. The molecule has 6 heteroatoms. The van der Waals surface area contributed by atoms with Crippen LogP contribution in [-0.4, -0.2) is 33.3 Å². The van der Waals surface area contributed by atoms with Crippen molar-refractivity contribution in [2.45, 2.75) is 13.5 Å². The minimum atomic E-state index is -0.184. The Hall–Kier alpha value is -0.890. The van der Waals surface area contributed by atoms with Crippen molar-refractivity contribution < 1.29 is 9.13 Å². The molecular weight excluding hydrogens is 360 g/mol. The molecule has 0 fully saturated rings. The van der Waals surface area contributed by atoms with E-state index in [0.717, 1.165) is 5.56 Å². The predicted molar refractivity (Wildman–Crippen MR) is 86.6 cm³/mol. The maximum absolute atomic E-state index is 13.3. The predicted octanol–water partition coefficient (Wildman–Crippen LogP) is 2.06. The van der Waals surface area contributed by atoms with Crippen LogP contribution in [0.5, 0.6) is 0 Å². The van der Waals surface area contributed by atoms with Crippen molar-refractivity contribution in [3.05, 3.63) is 35.1 Å². The summed E-state index contributed by atoms with van der Waals surface area (Å²) < 4.78 is 18.3. The van der Waals surface area contributed by atoms with Crippen molar-refractivity contribution in [3.8, 4) is 0 Å². The van der Waals surface area contributed by atoms with Crippen molar-refractivity contribution in [1.29, 1.82) is 0 Å². The largest absolute Gasteiger partial charge is 0.383 e. The summed E-state index contributed by atoms with van der Waals surface area (Å²) in [6.07, 6.45) is 0. The molecule has 0 bridgehead atoms. The number of nitrogens with zero attached hydrogens (tertiary/aromatic N) is 1. The van der Waals surface area contributed by atoms with Gasteiger partial charge >= 0.3 is 0 Å². The highest BCUT2D eigenvalue weighted by Gasteiger charge is 2.01. The quantitative estimate of drug-likeness (QED) is 0.355. The van der Waals surface area contributed by atoms with Gasteiger partial charge in [0.2, 0.25) is 0 Å². The standard InChI is InChI=1S/C13H20FN3O.HI/c1-10-4-5-11(8-12(10)14)9-17-13(15-2)16-6-7-18-3;/h4-5,8H,6-7,9H2,1-3H3,(H2,15,16,17);1H. The highest BCUT2D eigenvalue weighted by molar-refractivity contribution is 14.0. The summed E-state index contributed by atoms with van der Waals surface area (Å²) in [6, 6.07) is 5.20. The third-order valence-electron chi connectivity index (χ3n) is 2.52. The number of methoxy groups -OCH3 is 1. The molecule has 0 aliphatic heterocycles. The molecule has 0 atom stereocenters. The first-order chi connectivity index (χ1) is 8.67. The van der Waals surface area contributed by atoms with Crippen molar-refractivity contribution in [3.63, 3.8) is 0 Å². The van der Waals surface area contributed by atoms with E-state index in [1.54, 1.807) is 27.1 Å². The summed E-state index contributed by atoms with van der Waals surface area (Å²) in [5.41, 5.74) is 1.54. The molecule has 0 aliphatic rings. The maximum Gasteiger partial charge on any atom is 0.191 e. The number of aliphatic imine (C=N–C) groups is 1. The molecule has 0 radical (unpaired) electrons. The van der Waals surface area contributed by atoms with Crippen LogP contribution in [0.15, 0.2) is 23.2 Å². The van der Waals surface area contributed by atoms with Crippen LogP contribution < -0.4 is 10.6 Å². The number of aryl methyl sites for hydroxylation is 1. The van der Waals surface area contributed by atoms with Gasteiger partial charge in [-0.15, -0.1) is 24.0 Å². The van der Waals surface area contributed by atoms with Gasteiger partial charge in [0.1, 0.15) is 5.82 Å². The summed E-state index contributed by atoms with van der Waals surface area (Å²) in [7, 11) is 3.34. The lowest BCUT2D eigenvalue weighted by Crippen LogP contribution is -2.38. The van der Waals surface area contributed by atoms with Crippen LogP contribution in [0.25, 0.3) is 0 Å². The summed E-state index contributed by atoms with van der Waals surface area (Å²) in [4.78, 5) is 4.06. The highest BCUT2D eigenvalue weighted by Crippen LogP contribution is 2.08. The molecule has 4 nitrogen and oxygen atoms in total. The van der Waals surface area contributed by atoms with Gasteiger partial charge in [0, 0.05) is 27.2 Å². The van der Waals surface area contributed by atoms with Gasteiger partial charge < -0.3 is 15.4 Å². The lowest BCUT2D eigenvalue weighted by molar-refractivity contribution is 0.203. The Labute approximate surface area is 130 Å². The molecule has 108 valence electrons. The summed E-state index contributed by atoms with van der Waals surface area (Å²) in [5.74, 6) is 0.490. The number of hydrogen-bond donors (Lipinski definition) is 2. The fraction of sp³-hybridized carbons (Fsp3) is 0.462. The van der Waals surface area contributed by atoms with E-state index in [-0.39, 0.29) is 29.8 Å². The van der Waals surface area contributed by atoms with Crippen molar-refractivity contribution in [1.82, 2.24) is 10.6 Å². The summed E-state index contributed by atoms with van der Waals surface area (Å²) >= 11 is 0. The number of ether oxygens (including phenoxy) is 1. The highest BCUT2D eigenvalue weighted by atomic mass is 127. The topological polar surface area (TPSA) is 45.7 Å². The zero-order chi connectivity index (χ0) is 13.4. The number of halogens is 2. The average molecular weight is 381 g/mol. The molecule has 0 aromatic heterocycles. The van der Waals surface area contributed by atoms with Gasteiger partial charge in [0.15, 0.2) is 5.96 Å². The monoisotopic (exact) mass is 381 g/mol. The molecule has 0 saturated carbocycles. The van der Waals surface area contributed by atoms with Gasteiger partial charge in [0.25, 0.3) is 0 Å². The molecule has 0 amide bonds. The molecule has 1 aromatic rings. The van der Waals surface area contributed by atoms with Gasteiger partial charge in [0.05, 0.1) is 6.61 Å². The Morgan fingerprint density at radius 2 is 2.11 bits per heavy atom. The SMILES string of the molecule is CN=C(NCCOC)NCc1ccc(C)c(F)c1.I. The second kappa shape index (κ2) is 9.96. The Balaban J connectivity index is 0.00000324. The molecule has 1 rings (SSSR count). The lowest BCUT2D eigenvalue weighted by atomic mass is 10.1. The minimum absolute atomic E-state index is 0. The van der Waals surface area contributed by atoms with Gasteiger partial charge in [-0.3, -0.25) is 4.99 Å². The third kappa shape index (κ3) is 6.72.